The standard InChI is InChI=1S/C19H20N6O2.O2S/c1-12-9-14-18(26)23-16-7-3-6-15(22-16)17-24-21-11-25(17)13(2)5-4-8-27-19(14)20-10-12;1-3-2/h3,6-7,9-11,13H,4-5,8H2,1-2H3,(H,22,23,26);/t13-;/m0./s1. The maximum Gasteiger partial charge on any atom is 0.335 e. The summed E-state index contributed by atoms with van der Waals surface area (Å²) < 4.78 is 24.4. The highest BCUT2D eigenvalue weighted by atomic mass is 32.1. The zero-order valence-corrected chi connectivity index (χ0v) is 17.3. The summed E-state index contributed by atoms with van der Waals surface area (Å²) in [5.41, 5.74) is 1.94. The Balaban J connectivity index is 0.000000806. The first-order valence-corrected chi connectivity index (χ1v) is 9.89. The maximum absolute atomic E-state index is 12.8. The molecule has 4 heterocycles. The summed E-state index contributed by atoms with van der Waals surface area (Å²) in [6.07, 6.45) is 5.08. The molecule has 2 bridgehead atoms. The van der Waals surface area contributed by atoms with Crippen LogP contribution in [0.2, 0.25) is 0 Å². The Labute approximate surface area is 176 Å². The number of carbonyl (C=O) groups excluding carboxylic acids is 1. The number of nitrogens with one attached hydrogen (secondary N) is 1. The summed E-state index contributed by atoms with van der Waals surface area (Å²) in [6, 6.07) is 7.39. The predicted octanol–water partition coefficient (Wildman–Crippen LogP) is 2.36. The summed E-state index contributed by atoms with van der Waals surface area (Å²) in [7, 11) is 0. The van der Waals surface area contributed by atoms with Crippen LogP contribution in [-0.4, -0.2) is 45.7 Å². The average Bonchev–Trinajstić information content (AvgIpc) is 3.22. The third-order valence-corrected chi connectivity index (χ3v) is 4.51. The van der Waals surface area contributed by atoms with Gasteiger partial charge in [-0.1, -0.05) is 6.07 Å². The molecule has 30 heavy (non-hydrogen) atoms. The monoisotopic (exact) mass is 428 g/mol. The second-order valence-corrected chi connectivity index (χ2v) is 6.83. The van der Waals surface area contributed by atoms with Gasteiger partial charge in [-0.15, -0.1) is 10.2 Å². The first-order chi connectivity index (χ1) is 14.5. The number of carbonyl (C=O) groups is 1. The third kappa shape index (κ3) is 4.92. The Kier molecular flexibility index (Phi) is 6.96. The molecular formula is C19H20N6O4S. The molecule has 0 unspecified atom stereocenters. The van der Waals surface area contributed by atoms with Crippen molar-refractivity contribution in [1.29, 1.82) is 0 Å². The number of pyridine rings is 2. The van der Waals surface area contributed by atoms with E-state index in [1.165, 1.54) is 0 Å². The van der Waals surface area contributed by atoms with E-state index in [0.29, 0.717) is 35.4 Å². The van der Waals surface area contributed by atoms with Gasteiger partial charge in [0.15, 0.2) is 5.82 Å². The van der Waals surface area contributed by atoms with Crippen molar-refractivity contribution in [3.05, 3.63) is 47.9 Å². The van der Waals surface area contributed by atoms with Crippen LogP contribution in [0.5, 0.6) is 5.88 Å². The lowest BCUT2D eigenvalue weighted by molar-refractivity contribution is 0.102. The quantitative estimate of drug-likeness (QED) is 0.578. The number of hydrogen-bond donors (Lipinski definition) is 1. The molecule has 0 aliphatic carbocycles. The minimum atomic E-state index is -0.750. The highest BCUT2D eigenvalue weighted by Gasteiger charge is 2.19. The van der Waals surface area contributed by atoms with E-state index in [1.807, 2.05) is 23.6 Å². The summed E-state index contributed by atoms with van der Waals surface area (Å²) >= 11 is -0.750. The first-order valence-electron chi connectivity index (χ1n) is 9.23. The number of fused-ring (bicyclic) bond motifs is 5. The topological polar surface area (TPSA) is 129 Å². The van der Waals surface area contributed by atoms with Crippen molar-refractivity contribution in [2.24, 2.45) is 0 Å². The second-order valence-electron chi connectivity index (χ2n) is 6.70. The van der Waals surface area contributed by atoms with Gasteiger partial charge in [0.25, 0.3) is 5.91 Å². The van der Waals surface area contributed by atoms with Gasteiger partial charge in [0.2, 0.25) is 5.88 Å². The zero-order valence-electron chi connectivity index (χ0n) is 16.4. The highest BCUT2D eigenvalue weighted by Crippen LogP contribution is 2.24. The molecule has 1 atom stereocenters. The van der Waals surface area contributed by atoms with E-state index in [4.69, 9.17) is 13.2 Å². The molecule has 3 aromatic heterocycles. The van der Waals surface area contributed by atoms with Gasteiger partial charge < -0.3 is 14.6 Å². The van der Waals surface area contributed by atoms with Gasteiger partial charge in [-0.05, 0) is 50.5 Å². The predicted molar refractivity (Wildman–Crippen MR) is 109 cm³/mol. The molecule has 0 saturated heterocycles. The summed E-state index contributed by atoms with van der Waals surface area (Å²) in [5.74, 6) is 1.14. The second kappa shape index (κ2) is 9.83. The zero-order chi connectivity index (χ0) is 21.5. The highest BCUT2D eigenvalue weighted by molar-refractivity contribution is 7.51. The van der Waals surface area contributed by atoms with Crippen molar-refractivity contribution in [1.82, 2.24) is 24.7 Å². The molecule has 0 fully saturated rings. The molecular weight excluding hydrogens is 408 g/mol. The van der Waals surface area contributed by atoms with E-state index in [9.17, 15) is 4.79 Å². The van der Waals surface area contributed by atoms with Gasteiger partial charge in [0.05, 0.1) is 6.61 Å². The van der Waals surface area contributed by atoms with Gasteiger partial charge in [-0.2, -0.15) is 8.42 Å². The van der Waals surface area contributed by atoms with E-state index < -0.39 is 11.6 Å². The van der Waals surface area contributed by atoms with Crippen LogP contribution in [0, 0.1) is 6.92 Å². The summed E-state index contributed by atoms with van der Waals surface area (Å²) in [4.78, 5) is 21.6. The fraction of sp³-hybridized carbons (Fsp3) is 0.316. The Morgan fingerprint density at radius 2 is 2.10 bits per heavy atom. The SMILES string of the molecule is Cc1cnc2c(c1)C(=O)Nc1cccc(n1)-c1nncn1[C@@H](C)CCCO2.O=S=O. The number of nitrogens with zero attached hydrogens (tertiary/aromatic N) is 5. The molecule has 1 amide bonds. The van der Waals surface area contributed by atoms with Crippen molar-refractivity contribution in [2.45, 2.75) is 32.7 Å². The summed E-state index contributed by atoms with van der Waals surface area (Å²) in [5, 5.41) is 11.1. The van der Waals surface area contributed by atoms with Crippen LogP contribution in [0.15, 0.2) is 36.8 Å². The molecule has 1 aliphatic rings. The Morgan fingerprint density at radius 1 is 1.30 bits per heavy atom. The maximum atomic E-state index is 12.8. The van der Waals surface area contributed by atoms with Crippen LogP contribution in [0.1, 0.15) is 41.7 Å². The molecule has 4 rings (SSSR count). The molecule has 11 heteroatoms. The number of aromatic nitrogens is 5. The van der Waals surface area contributed by atoms with Gasteiger partial charge in [-0.25, -0.2) is 9.97 Å². The van der Waals surface area contributed by atoms with Gasteiger partial charge in [0.1, 0.15) is 23.4 Å². The van der Waals surface area contributed by atoms with Crippen LogP contribution < -0.4 is 10.1 Å². The van der Waals surface area contributed by atoms with Crippen LogP contribution in [0.4, 0.5) is 5.82 Å². The smallest absolute Gasteiger partial charge is 0.335 e. The molecule has 1 aliphatic heterocycles. The molecule has 10 nitrogen and oxygen atoms in total. The molecule has 0 aromatic carbocycles. The van der Waals surface area contributed by atoms with E-state index in [-0.39, 0.29) is 11.9 Å². The Bertz CT molecular complexity index is 1080. The number of anilines is 1. The van der Waals surface area contributed by atoms with Crippen molar-refractivity contribution in [3.63, 3.8) is 0 Å². The molecule has 156 valence electrons. The summed E-state index contributed by atoms with van der Waals surface area (Å²) in [6.45, 7) is 4.47. The Hall–Kier alpha value is -3.47. The first kappa shape index (κ1) is 21.2. The van der Waals surface area contributed by atoms with E-state index in [2.05, 4.69) is 32.4 Å². The van der Waals surface area contributed by atoms with Crippen LogP contribution >= 0.6 is 0 Å². The van der Waals surface area contributed by atoms with Gasteiger partial charge in [0, 0.05) is 12.2 Å². The van der Waals surface area contributed by atoms with Crippen molar-refractivity contribution in [2.75, 3.05) is 11.9 Å². The van der Waals surface area contributed by atoms with Crippen molar-refractivity contribution in [3.8, 4) is 17.4 Å². The normalized spacial score (nSPS) is 15.8. The van der Waals surface area contributed by atoms with E-state index >= 15 is 0 Å². The third-order valence-electron chi connectivity index (χ3n) is 4.51. The van der Waals surface area contributed by atoms with Crippen LogP contribution in [0.25, 0.3) is 11.5 Å². The molecule has 3 aromatic rings. The minimum absolute atomic E-state index is 0.187. The average molecular weight is 428 g/mol. The minimum Gasteiger partial charge on any atom is -0.477 e. The number of amides is 1. The largest absolute Gasteiger partial charge is 0.477 e. The Morgan fingerprint density at radius 3 is 2.90 bits per heavy atom. The van der Waals surface area contributed by atoms with Crippen LogP contribution in [-0.2, 0) is 11.6 Å². The number of aryl methyl sites for hydroxylation is 1. The number of rotatable bonds is 0. The van der Waals surface area contributed by atoms with Crippen molar-refractivity contribution >= 4 is 23.3 Å². The van der Waals surface area contributed by atoms with E-state index in [1.54, 1.807) is 24.7 Å². The lowest BCUT2D eigenvalue weighted by Gasteiger charge is -2.17. The van der Waals surface area contributed by atoms with E-state index in [0.717, 1.165) is 18.4 Å². The fourth-order valence-electron chi connectivity index (χ4n) is 3.08. The fourth-order valence-corrected chi connectivity index (χ4v) is 3.08. The molecule has 0 spiro atoms. The van der Waals surface area contributed by atoms with Crippen molar-refractivity contribution < 1.29 is 17.9 Å². The lowest BCUT2D eigenvalue weighted by Crippen LogP contribution is -2.17. The lowest BCUT2D eigenvalue weighted by atomic mass is 10.1. The van der Waals surface area contributed by atoms with Gasteiger partial charge >= 0.3 is 11.6 Å². The molecule has 1 N–H and O–H groups in total. The number of hydrogen-bond acceptors (Lipinski definition) is 8. The molecule has 0 radical (unpaired) electrons. The number of ether oxygens (including phenoxy) is 1. The molecule has 0 saturated carbocycles. The van der Waals surface area contributed by atoms with Gasteiger partial charge in [-0.3, -0.25) is 4.79 Å². The van der Waals surface area contributed by atoms with Crippen LogP contribution in [0.3, 0.4) is 0 Å².